The lowest BCUT2D eigenvalue weighted by Gasteiger charge is -2.03. The molecule has 0 fully saturated rings. The molecular weight excluding hydrogens is 418 g/mol. The van der Waals surface area contributed by atoms with Gasteiger partial charge in [-0.05, 0) is 30.7 Å². The fourth-order valence-corrected chi connectivity index (χ4v) is 3.36. The molecule has 0 aliphatic carbocycles. The third kappa shape index (κ3) is 4.25. The van der Waals surface area contributed by atoms with Gasteiger partial charge in [0.2, 0.25) is 0 Å². The van der Waals surface area contributed by atoms with Gasteiger partial charge in [0.15, 0.2) is 5.75 Å². The largest absolute Gasteiger partial charge is 0.490 e. The van der Waals surface area contributed by atoms with E-state index in [4.69, 9.17) is 4.74 Å². The van der Waals surface area contributed by atoms with Crippen molar-refractivity contribution in [3.8, 4) is 27.6 Å². The summed E-state index contributed by atoms with van der Waals surface area (Å²) < 4.78 is 5.04. The number of hydrogen-bond acceptors (Lipinski definition) is 6. The summed E-state index contributed by atoms with van der Waals surface area (Å²) in [6, 6.07) is 8.84. The number of rotatable bonds is 6. The SMILES string of the molecule is Br.CCCc1cc(-c2nc(-c3ccc(OC)c([N+](=O)[O-])c3)cs2)ccn1. The number of ether oxygens (including phenoxy) is 1. The number of pyridine rings is 1. The monoisotopic (exact) mass is 435 g/mol. The lowest BCUT2D eigenvalue weighted by Crippen LogP contribution is -1.94. The van der Waals surface area contributed by atoms with Crippen LogP contribution in [0.4, 0.5) is 5.69 Å². The summed E-state index contributed by atoms with van der Waals surface area (Å²) in [4.78, 5) is 19.7. The average molecular weight is 436 g/mol. The molecule has 0 bridgehead atoms. The van der Waals surface area contributed by atoms with E-state index in [2.05, 4.69) is 16.9 Å². The molecule has 0 radical (unpaired) electrons. The van der Waals surface area contributed by atoms with Crippen LogP contribution in [0.25, 0.3) is 21.8 Å². The molecule has 2 aromatic heterocycles. The molecule has 0 aliphatic heterocycles. The number of nitro benzene ring substituents is 1. The minimum absolute atomic E-state index is 0. The third-order valence-corrected chi connectivity index (χ3v) is 4.64. The maximum absolute atomic E-state index is 11.2. The first-order chi connectivity index (χ1) is 12.1. The van der Waals surface area contributed by atoms with E-state index in [1.165, 1.54) is 24.5 Å². The van der Waals surface area contributed by atoms with Crippen molar-refractivity contribution in [1.29, 1.82) is 0 Å². The molecule has 136 valence electrons. The molecule has 0 amide bonds. The topological polar surface area (TPSA) is 78.2 Å². The number of nitro groups is 1. The Bertz CT molecular complexity index is 914. The molecule has 0 unspecified atom stereocenters. The van der Waals surface area contributed by atoms with Gasteiger partial charge >= 0.3 is 5.69 Å². The zero-order valence-electron chi connectivity index (χ0n) is 14.3. The average Bonchev–Trinajstić information content (AvgIpc) is 3.12. The van der Waals surface area contributed by atoms with Gasteiger partial charge in [0.05, 0.1) is 17.7 Å². The zero-order chi connectivity index (χ0) is 17.8. The van der Waals surface area contributed by atoms with Crippen LogP contribution in [-0.4, -0.2) is 22.0 Å². The molecule has 0 N–H and O–H groups in total. The van der Waals surface area contributed by atoms with Crippen LogP contribution in [0.5, 0.6) is 5.75 Å². The van der Waals surface area contributed by atoms with Crippen LogP contribution < -0.4 is 4.74 Å². The van der Waals surface area contributed by atoms with Gasteiger partial charge in [-0.2, -0.15) is 0 Å². The molecule has 0 spiro atoms. The highest BCUT2D eigenvalue weighted by Crippen LogP contribution is 2.34. The van der Waals surface area contributed by atoms with Crippen molar-refractivity contribution in [3.63, 3.8) is 0 Å². The number of halogens is 1. The van der Waals surface area contributed by atoms with Gasteiger partial charge in [0, 0.05) is 34.5 Å². The predicted octanol–water partition coefficient (Wildman–Crippen LogP) is 5.32. The second-order valence-corrected chi connectivity index (χ2v) is 6.33. The van der Waals surface area contributed by atoms with Crippen LogP contribution in [0.15, 0.2) is 41.9 Å². The second kappa shape index (κ2) is 8.86. The van der Waals surface area contributed by atoms with Crippen molar-refractivity contribution < 1.29 is 9.66 Å². The standard InChI is InChI=1S/C18H17N3O3S.BrH/c1-3-4-14-9-13(7-8-19-14)18-20-15(11-25-18)12-5-6-17(24-2)16(10-12)21(22)23;/h5-11H,3-4H2,1-2H3;1H. The van der Waals surface area contributed by atoms with Gasteiger partial charge in [-0.25, -0.2) is 4.98 Å². The highest BCUT2D eigenvalue weighted by Gasteiger charge is 2.17. The minimum atomic E-state index is -0.449. The van der Waals surface area contributed by atoms with E-state index >= 15 is 0 Å². The van der Waals surface area contributed by atoms with Crippen LogP contribution >= 0.6 is 28.3 Å². The molecular formula is C18H18BrN3O3S. The van der Waals surface area contributed by atoms with Crippen LogP contribution in [0.2, 0.25) is 0 Å². The molecule has 0 aliphatic rings. The number of aryl methyl sites for hydroxylation is 1. The molecule has 0 saturated carbocycles. The molecule has 6 nitrogen and oxygen atoms in total. The predicted molar refractivity (Wildman–Crippen MR) is 108 cm³/mol. The van der Waals surface area contributed by atoms with E-state index in [9.17, 15) is 10.1 Å². The number of hydrogen-bond donors (Lipinski definition) is 0. The van der Waals surface area contributed by atoms with Crippen LogP contribution in [0.3, 0.4) is 0 Å². The first-order valence-electron chi connectivity index (χ1n) is 7.86. The second-order valence-electron chi connectivity index (χ2n) is 5.47. The van der Waals surface area contributed by atoms with Gasteiger partial charge in [0.25, 0.3) is 0 Å². The molecule has 26 heavy (non-hydrogen) atoms. The Hall–Kier alpha value is -2.32. The summed E-state index contributed by atoms with van der Waals surface area (Å²) in [5.74, 6) is 0.238. The fraction of sp³-hybridized carbons (Fsp3) is 0.222. The van der Waals surface area contributed by atoms with Crippen molar-refractivity contribution in [2.45, 2.75) is 19.8 Å². The molecule has 2 heterocycles. The van der Waals surface area contributed by atoms with Gasteiger partial charge < -0.3 is 4.74 Å². The van der Waals surface area contributed by atoms with E-state index in [1.54, 1.807) is 18.3 Å². The Morgan fingerprint density at radius 3 is 2.73 bits per heavy atom. The smallest absolute Gasteiger partial charge is 0.311 e. The molecule has 1 aromatic carbocycles. The van der Waals surface area contributed by atoms with Gasteiger partial charge in [-0.15, -0.1) is 28.3 Å². The summed E-state index contributed by atoms with van der Waals surface area (Å²) >= 11 is 1.51. The van der Waals surface area contributed by atoms with Gasteiger partial charge in [0.1, 0.15) is 5.01 Å². The van der Waals surface area contributed by atoms with E-state index in [-0.39, 0.29) is 28.4 Å². The number of nitrogens with zero attached hydrogens (tertiary/aromatic N) is 3. The van der Waals surface area contributed by atoms with Crippen molar-refractivity contribution >= 4 is 34.0 Å². The lowest BCUT2D eigenvalue weighted by molar-refractivity contribution is -0.385. The Balaban J connectivity index is 0.00000243. The van der Waals surface area contributed by atoms with E-state index in [0.29, 0.717) is 11.3 Å². The summed E-state index contributed by atoms with van der Waals surface area (Å²) in [5.41, 5.74) is 3.38. The van der Waals surface area contributed by atoms with Crippen molar-refractivity contribution in [3.05, 3.63) is 57.7 Å². The molecule has 3 aromatic rings. The Labute approximate surface area is 165 Å². The van der Waals surface area contributed by atoms with Crippen molar-refractivity contribution in [2.24, 2.45) is 0 Å². The normalized spacial score (nSPS) is 10.2. The van der Waals surface area contributed by atoms with E-state index < -0.39 is 4.92 Å². The number of aromatic nitrogens is 2. The minimum Gasteiger partial charge on any atom is -0.490 e. The molecule has 8 heteroatoms. The Morgan fingerprint density at radius 2 is 2.04 bits per heavy atom. The van der Waals surface area contributed by atoms with E-state index in [1.807, 2.05) is 17.5 Å². The Morgan fingerprint density at radius 1 is 1.23 bits per heavy atom. The fourth-order valence-electron chi connectivity index (χ4n) is 2.53. The van der Waals surface area contributed by atoms with Crippen LogP contribution in [0.1, 0.15) is 19.0 Å². The first-order valence-corrected chi connectivity index (χ1v) is 8.74. The Kier molecular flexibility index (Phi) is 6.82. The molecule has 3 rings (SSSR count). The summed E-state index contributed by atoms with van der Waals surface area (Å²) in [5, 5.41) is 14.0. The third-order valence-electron chi connectivity index (χ3n) is 3.75. The van der Waals surface area contributed by atoms with Crippen LogP contribution in [-0.2, 0) is 6.42 Å². The number of thiazole rings is 1. The highest BCUT2D eigenvalue weighted by atomic mass is 79.9. The van der Waals surface area contributed by atoms with E-state index in [0.717, 1.165) is 29.1 Å². The number of benzene rings is 1. The number of methoxy groups -OCH3 is 1. The highest BCUT2D eigenvalue weighted by molar-refractivity contribution is 8.93. The lowest BCUT2D eigenvalue weighted by atomic mass is 10.1. The summed E-state index contributed by atoms with van der Waals surface area (Å²) in [6.07, 6.45) is 3.76. The molecule has 0 atom stereocenters. The first kappa shape index (κ1) is 20.0. The van der Waals surface area contributed by atoms with Crippen molar-refractivity contribution in [1.82, 2.24) is 9.97 Å². The zero-order valence-corrected chi connectivity index (χ0v) is 16.9. The summed E-state index contributed by atoms with van der Waals surface area (Å²) in [7, 11) is 1.42. The van der Waals surface area contributed by atoms with Gasteiger partial charge in [-0.1, -0.05) is 13.3 Å². The maximum Gasteiger partial charge on any atom is 0.311 e. The van der Waals surface area contributed by atoms with Crippen LogP contribution in [0, 0.1) is 10.1 Å². The van der Waals surface area contributed by atoms with Crippen molar-refractivity contribution in [2.75, 3.05) is 7.11 Å². The summed E-state index contributed by atoms with van der Waals surface area (Å²) in [6.45, 7) is 2.12. The van der Waals surface area contributed by atoms with Gasteiger partial charge in [-0.3, -0.25) is 15.1 Å². The maximum atomic E-state index is 11.2. The quantitative estimate of drug-likeness (QED) is 0.386. The molecule has 0 saturated heterocycles.